The zero-order valence-electron chi connectivity index (χ0n) is 12.2. The van der Waals surface area contributed by atoms with Crippen LogP contribution in [0.4, 0.5) is 5.69 Å². The van der Waals surface area contributed by atoms with Gasteiger partial charge in [0.1, 0.15) is 6.07 Å². The van der Waals surface area contributed by atoms with Crippen LogP contribution in [0.5, 0.6) is 0 Å². The van der Waals surface area contributed by atoms with E-state index in [9.17, 15) is 5.26 Å². The molecular formula is C19H20N2. The maximum Gasteiger partial charge on any atom is 0.101 e. The first-order valence-electron chi connectivity index (χ1n) is 8.70. The first-order valence-corrected chi connectivity index (χ1v) is 8.70. The largest absolute Gasteiger partial charge is 0.380 e. The lowest BCUT2D eigenvalue weighted by Gasteiger charge is -2.47. The molecule has 4 saturated carbocycles. The molecule has 6 rings (SSSR count). The van der Waals surface area contributed by atoms with Crippen molar-refractivity contribution >= 4 is 5.69 Å². The van der Waals surface area contributed by atoms with E-state index in [-0.39, 0.29) is 0 Å². The Hall–Kier alpha value is -1.49. The molecule has 0 spiro atoms. The predicted molar refractivity (Wildman–Crippen MR) is 81.1 cm³/mol. The van der Waals surface area contributed by atoms with Crippen LogP contribution in [0.15, 0.2) is 12.1 Å². The summed E-state index contributed by atoms with van der Waals surface area (Å²) in [5.41, 5.74) is 5.29. The third kappa shape index (κ3) is 1.25. The van der Waals surface area contributed by atoms with Gasteiger partial charge in [0, 0.05) is 12.0 Å². The van der Waals surface area contributed by atoms with Crippen molar-refractivity contribution in [3.63, 3.8) is 0 Å². The van der Waals surface area contributed by atoms with Gasteiger partial charge in [-0.15, -0.1) is 0 Å². The first kappa shape index (κ1) is 11.1. The lowest BCUT2D eigenvalue weighted by Crippen LogP contribution is -2.44. The summed E-state index contributed by atoms with van der Waals surface area (Å²) in [5, 5.41) is 13.3. The van der Waals surface area contributed by atoms with Crippen LogP contribution < -0.4 is 5.32 Å². The highest BCUT2D eigenvalue weighted by atomic mass is 15.0. The number of benzene rings is 1. The molecule has 2 heteroatoms. The molecule has 5 aliphatic rings. The van der Waals surface area contributed by atoms with E-state index in [1.165, 1.54) is 37.8 Å². The van der Waals surface area contributed by atoms with Crippen LogP contribution in [-0.2, 0) is 0 Å². The van der Waals surface area contributed by atoms with Gasteiger partial charge in [-0.2, -0.15) is 5.26 Å². The van der Waals surface area contributed by atoms with E-state index in [0.29, 0.717) is 6.04 Å². The molecule has 0 amide bonds. The van der Waals surface area contributed by atoms with Gasteiger partial charge in [-0.25, -0.2) is 0 Å². The molecule has 0 bridgehead atoms. The highest BCUT2D eigenvalue weighted by molar-refractivity contribution is 5.72. The van der Waals surface area contributed by atoms with Gasteiger partial charge in [0.25, 0.3) is 0 Å². The van der Waals surface area contributed by atoms with Crippen LogP contribution in [0.1, 0.15) is 60.6 Å². The molecule has 1 aliphatic heterocycles. The fraction of sp³-hybridized carbons (Fsp3) is 0.632. The second kappa shape index (κ2) is 3.46. The van der Waals surface area contributed by atoms with Crippen LogP contribution in [0, 0.1) is 35.0 Å². The van der Waals surface area contributed by atoms with Crippen molar-refractivity contribution in [1.29, 1.82) is 5.26 Å². The second-order valence-electron chi connectivity index (χ2n) is 8.04. The summed E-state index contributed by atoms with van der Waals surface area (Å²) in [4.78, 5) is 0. The van der Waals surface area contributed by atoms with Crippen molar-refractivity contribution in [2.45, 2.75) is 50.0 Å². The highest BCUT2D eigenvalue weighted by Crippen LogP contribution is 2.69. The summed E-state index contributed by atoms with van der Waals surface area (Å²) >= 11 is 0. The number of rotatable bonds is 1. The summed E-state index contributed by atoms with van der Waals surface area (Å²) in [6.45, 7) is 0. The van der Waals surface area contributed by atoms with Gasteiger partial charge in [-0.3, -0.25) is 0 Å². The lowest BCUT2D eigenvalue weighted by molar-refractivity contribution is 0.0741. The normalized spacial score (nSPS) is 44.3. The van der Waals surface area contributed by atoms with Crippen molar-refractivity contribution in [2.75, 3.05) is 5.32 Å². The van der Waals surface area contributed by atoms with E-state index in [2.05, 4.69) is 23.5 Å². The second-order valence-corrected chi connectivity index (χ2v) is 8.04. The number of anilines is 1. The van der Waals surface area contributed by atoms with Crippen molar-refractivity contribution in [3.05, 3.63) is 28.8 Å². The molecule has 6 unspecified atom stereocenters. The maximum atomic E-state index is 9.50. The van der Waals surface area contributed by atoms with E-state index < -0.39 is 0 Å². The molecule has 1 aromatic rings. The van der Waals surface area contributed by atoms with Gasteiger partial charge in [0.2, 0.25) is 0 Å². The summed E-state index contributed by atoms with van der Waals surface area (Å²) in [6.07, 6.45) is 7.06. The Labute approximate surface area is 125 Å². The molecular weight excluding hydrogens is 256 g/mol. The minimum Gasteiger partial charge on any atom is -0.380 e. The minimum absolute atomic E-state index is 0.651. The fourth-order valence-corrected chi connectivity index (χ4v) is 5.95. The van der Waals surface area contributed by atoms with E-state index in [0.717, 1.165) is 41.1 Å². The van der Waals surface area contributed by atoms with Crippen molar-refractivity contribution in [1.82, 2.24) is 0 Å². The molecule has 0 aromatic heterocycles. The van der Waals surface area contributed by atoms with Gasteiger partial charge >= 0.3 is 0 Å². The smallest absolute Gasteiger partial charge is 0.101 e. The van der Waals surface area contributed by atoms with Crippen LogP contribution in [0.25, 0.3) is 0 Å². The molecule has 6 atom stereocenters. The van der Waals surface area contributed by atoms with Gasteiger partial charge in [-0.1, -0.05) is 6.07 Å². The molecule has 1 heterocycles. The van der Waals surface area contributed by atoms with Crippen molar-refractivity contribution < 1.29 is 0 Å². The third-order valence-corrected chi connectivity index (χ3v) is 7.20. The number of hydrogen-bond acceptors (Lipinski definition) is 2. The molecule has 1 N–H and O–H groups in total. The lowest BCUT2D eigenvalue weighted by atomic mass is 9.57. The third-order valence-electron chi connectivity index (χ3n) is 7.20. The average molecular weight is 276 g/mol. The average Bonchev–Trinajstić information content (AvgIpc) is 3.36. The molecule has 1 aromatic carbocycles. The van der Waals surface area contributed by atoms with Crippen molar-refractivity contribution in [3.8, 4) is 6.07 Å². The molecule has 0 saturated heterocycles. The Bertz CT molecular complexity index is 696. The van der Waals surface area contributed by atoms with E-state index in [1.54, 1.807) is 11.1 Å². The Balaban J connectivity index is 1.56. The monoisotopic (exact) mass is 276 g/mol. The minimum atomic E-state index is 0.651. The summed E-state index contributed by atoms with van der Waals surface area (Å²) < 4.78 is 0. The Kier molecular flexibility index (Phi) is 1.83. The Morgan fingerprint density at radius 2 is 1.86 bits per heavy atom. The zero-order valence-corrected chi connectivity index (χ0v) is 12.2. The van der Waals surface area contributed by atoms with E-state index in [4.69, 9.17) is 0 Å². The fourth-order valence-electron chi connectivity index (χ4n) is 5.95. The number of fused-ring (bicyclic) bond motifs is 8. The van der Waals surface area contributed by atoms with Crippen LogP contribution >= 0.6 is 0 Å². The number of nitrogens with zero attached hydrogens (tertiary/aromatic N) is 1. The quantitative estimate of drug-likeness (QED) is 0.842. The molecule has 0 radical (unpaired) electrons. The molecule has 2 nitrogen and oxygen atoms in total. The van der Waals surface area contributed by atoms with E-state index in [1.807, 2.05) is 0 Å². The standard InChI is InChI=1S/C19H20N2/c20-8-10-3-4-11(9-1-2-9)16-17-13-6-5-12(13)14-7-15(14)19(17)21-18(10)16/h3-4,9,12-15,17,19,21H,1-2,5-7H2. The van der Waals surface area contributed by atoms with Crippen LogP contribution in [0.2, 0.25) is 0 Å². The van der Waals surface area contributed by atoms with Gasteiger partial charge in [0.15, 0.2) is 0 Å². The molecule has 21 heavy (non-hydrogen) atoms. The number of hydrogen-bond donors (Lipinski definition) is 1. The van der Waals surface area contributed by atoms with Gasteiger partial charge in [0.05, 0.1) is 11.3 Å². The Morgan fingerprint density at radius 3 is 2.57 bits per heavy atom. The first-order chi connectivity index (χ1) is 10.4. The summed E-state index contributed by atoms with van der Waals surface area (Å²) in [7, 11) is 0. The van der Waals surface area contributed by atoms with Crippen LogP contribution in [0.3, 0.4) is 0 Å². The summed E-state index contributed by atoms with van der Waals surface area (Å²) in [6, 6.07) is 7.44. The zero-order chi connectivity index (χ0) is 13.7. The predicted octanol–water partition coefficient (Wildman–Crippen LogP) is 3.99. The molecule has 4 fully saturated rings. The number of nitriles is 1. The Morgan fingerprint density at radius 1 is 1.00 bits per heavy atom. The topological polar surface area (TPSA) is 35.8 Å². The molecule has 106 valence electrons. The van der Waals surface area contributed by atoms with Gasteiger partial charge in [-0.05, 0) is 78.9 Å². The maximum absolute atomic E-state index is 9.50. The number of nitrogens with one attached hydrogen (secondary N) is 1. The van der Waals surface area contributed by atoms with E-state index >= 15 is 0 Å². The van der Waals surface area contributed by atoms with Crippen LogP contribution in [-0.4, -0.2) is 6.04 Å². The molecule has 4 aliphatic carbocycles. The highest BCUT2D eigenvalue weighted by Gasteiger charge is 2.63. The summed E-state index contributed by atoms with van der Waals surface area (Å²) in [5.74, 6) is 5.37. The SMILES string of the molecule is N#Cc1ccc(C2CC2)c2c1NC1C3CC3C3CCC3C21. The van der Waals surface area contributed by atoms with Gasteiger partial charge < -0.3 is 5.32 Å². The van der Waals surface area contributed by atoms with Crippen molar-refractivity contribution in [2.24, 2.45) is 23.7 Å².